The van der Waals surface area contributed by atoms with Crippen LogP contribution in [0.3, 0.4) is 0 Å². The third-order valence-electron chi connectivity index (χ3n) is 3.02. The molecule has 100 valence electrons. The van der Waals surface area contributed by atoms with Gasteiger partial charge in [0.2, 0.25) is 0 Å². The fourth-order valence-electron chi connectivity index (χ4n) is 1.94. The van der Waals surface area contributed by atoms with Gasteiger partial charge in [-0.2, -0.15) is 0 Å². The smallest absolute Gasteiger partial charge is 0.0595 e. The van der Waals surface area contributed by atoms with Crippen LogP contribution in [0, 0.1) is 0 Å². The Kier molecular flexibility index (Phi) is 5.73. The molecule has 0 spiro atoms. The lowest BCUT2D eigenvalue weighted by molar-refractivity contribution is 0.0384. The normalized spacial score (nSPS) is 17.0. The summed E-state index contributed by atoms with van der Waals surface area (Å²) in [5.41, 5.74) is 1.16. The van der Waals surface area contributed by atoms with Crippen LogP contribution in [-0.4, -0.2) is 44.3 Å². The average Bonchev–Trinajstić information content (AvgIpc) is 2.40. The Hall–Kier alpha value is -0.320. The molecule has 5 heteroatoms. The van der Waals surface area contributed by atoms with Gasteiger partial charge in [-0.3, -0.25) is 4.90 Å². The van der Waals surface area contributed by atoms with Crippen molar-refractivity contribution < 1.29 is 4.74 Å². The minimum atomic E-state index is 0.605. The first kappa shape index (κ1) is 14.1. The average molecular weight is 289 g/mol. The largest absolute Gasteiger partial charge is 0.379 e. The van der Waals surface area contributed by atoms with E-state index >= 15 is 0 Å². The summed E-state index contributed by atoms with van der Waals surface area (Å²) < 4.78 is 5.31. The predicted molar refractivity (Wildman–Crippen MR) is 75.4 cm³/mol. The van der Waals surface area contributed by atoms with E-state index in [1.807, 2.05) is 18.2 Å². The highest BCUT2D eigenvalue weighted by Gasteiger charge is 2.08. The van der Waals surface area contributed by atoms with Crippen LogP contribution in [0.1, 0.15) is 5.56 Å². The van der Waals surface area contributed by atoms with Crippen molar-refractivity contribution in [2.24, 2.45) is 0 Å². The van der Waals surface area contributed by atoms with Gasteiger partial charge in [0.05, 0.1) is 23.3 Å². The summed E-state index contributed by atoms with van der Waals surface area (Å²) in [6.07, 6.45) is 0. The maximum Gasteiger partial charge on any atom is 0.0595 e. The second-order valence-corrected chi connectivity index (χ2v) is 5.19. The number of hydrogen-bond acceptors (Lipinski definition) is 3. The van der Waals surface area contributed by atoms with Gasteiger partial charge in [-0.05, 0) is 17.7 Å². The van der Waals surface area contributed by atoms with E-state index < -0.39 is 0 Å². The minimum absolute atomic E-state index is 0.605. The number of nitrogens with zero attached hydrogens (tertiary/aromatic N) is 1. The standard InChI is InChI=1S/C13H18Cl2N2O/c14-12-2-1-11(9-13(12)15)10-16-3-4-17-5-7-18-8-6-17/h1-2,9,16H,3-8,10H2. The Balaban J connectivity index is 1.66. The van der Waals surface area contributed by atoms with Crippen molar-refractivity contribution in [2.45, 2.75) is 6.54 Å². The van der Waals surface area contributed by atoms with Gasteiger partial charge in [-0.25, -0.2) is 0 Å². The van der Waals surface area contributed by atoms with Crippen molar-refractivity contribution in [1.82, 2.24) is 10.2 Å². The van der Waals surface area contributed by atoms with Crippen LogP contribution in [0.2, 0.25) is 10.0 Å². The van der Waals surface area contributed by atoms with Gasteiger partial charge in [-0.15, -0.1) is 0 Å². The number of ether oxygens (including phenoxy) is 1. The zero-order chi connectivity index (χ0) is 12.8. The molecular formula is C13H18Cl2N2O. The predicted octanol–water partition coefficient (Wildman–Crippen LogP) is 2.42. The summed E-state index contributed by atoms with van der Waals surface area (Å²) in [6, 6.07) is 5.74. The number of nitrogens with one attached hydrogen (secondary N) is 1. The number of hydrogen-bond donors (Lipinski definition) is 1. The van der Waals surface area contributed by atoms with Crippen molar-refractivity contribution in [1.29, 1.82) is 0 Å². The highest BCUT2D eigenvalue weighted by atomic mass is 35.5. The molecule has 1 aromatic carbocycles. The summed E-state index contributed by atoms with van der Waals surface area (Å²) in [5.74, 6) is 0. The van der Waals surface area contributed by atoms with Crippen molar-refractivity contribution in [3.8, 4) is 0 Å². The van der Waals surface area contributed by atoms with Crippen LogP contribution >= 0.6 is 23.2 Å². The molecule has 0 atom stereocenters. The lowest BCUT2D eigenvalue weighted by atomic mass is 10.2. The molecule has 0 unspecified atom stereocenters. The summed E-state index contributed by atoms with van der Waals surface area (Å²) in [7, 11) is 0. The van der Waals surface area contributed by atoms with Gasteiger partial charge in [0, 0.05) is 32.7 Å². The molecule has 1 N–H and O–H groups in total. The first-order valence-corrected chi connectivity index (χ1v) is 6.96. The lowest BCUT2D eigenvalue weighted by Gasteiger charge is -2.26. The fraction of sp³-hybridized carbons (Fsp3) is 0.538. The van der Waals surface area contributed by atoms with Crippen molar-refractivity contribution in [3.63, 3.8) is 0 Å². The van der Waals surface area contributed by atoms with E-state index in [0.717, 1.165) is 51.5 Å². The van der Waals surface area contributed by atoms with Crippen LogP contribution in [0.4, 0.5) is 0 Å². The fourth-order valence-corrected chi connectivity index (χ4v) is 2.26. The Labute approximate surface area is 118 Å². The summed E-state index contributed by atoms with van der Waals surface area (Å²) >= 11 is 11.8. The van der Waals surface area contributed by atoms with Gasteiger partial charge in [-0.1, -0.05) is 29.3 Å². The minimum Gasteiger partial charge on any atom is -0.379 e. The second-order valence-electron chi connectivity index (χ2n) is 4.38. The molecule has 1 aromatic rings. The molecule has 1 aliphatic rings. The van der Waals surface area contributed by atoms with Gasteiger partial charge in [0.1, 0.15) is 0 Å². The van der Waals surface area contributed by atoms with Gasteiger partial charge < -0.3 is 10.1 Å². The molecule has 0 radical (unpaired) electrons. The first-order valence-electron chi connectivity index (χ1n) is 6.20. The zero-order valence-electron chi connectivity index (χ0n) is 10.3. The molecule has 18 heavy (non-hydrogen) atoms. The SMILES string of the molecule is Clc1ccc(CNCCN2CCOCC2)cc1Cl. The number of rotatable bonds is 5. The first-order chi connectivity index (χ1) is 8.75. The van der Waals surface area contributed by atoms with E-state index in [4.69, 9.17) is 27.9 Å². The Morgan fingerprint density at radius 1 is 1.17 bits per heavy atom. The van der Waals surface area contributed by atoms with Crippen LogP contribution in [0.15, 0.2) is 18.2 Å². The number of benzene rings is 1. The lowest BCUT2D eigenvalue weighted by Crippen LogP contribution is -2.40. The number of morpholine rings is 1. The van der Waals surface area contributed by atoms with Crippen molar-refractivity contribution >= 4 is 23.2 Å². The molecule has 0 saturated carbocycles. The maximum atomic E-state index is 5.97. The molecule has 3 nitrogen and oxygen atoms in total. The molecule has 0 aliphatic carbocycles. The molecule has 0 amide bonds. The van der Waals surface area contributed by atoms with Crippen molar-refractivity contribution in [2.75, 3.05) is 39.4 Å². The van der Waals surface area contributed by atoms with Gasteiger partial charge in [0.25, 0.3) is 0 Å². The van der Waals surface area contributed by atoms with E-state index in [9.17, 15) is 0 Å². The summed E-state index contributed by atoms with van der Waals surface area (Å²) in [6.45, 7) is 6.63. The molecule has 0 aromatic heterocycles. The Morgan fingerprint density at radius 2 is 1.94 bits per heavy atom. The van der Waals surface area contributed by atoms with Crippen LogP contribution in [-0.2, 0) is 11.3 Å². The van der Waals surface area contributed by atoms with Gasteiger partial charge in [0.15, 0.2) is 0 Å². The van der Waals surface area contributed by atoms with Crippen LogP contribution in [0.5, 0.6) is 0 Å². The molecular weight excluding hydrogens is 271 g/mol. The van der Waals surface area contributed by atoms with E-state index in [1.165, 1.54) is 0 Å². The molecule has 1 heterocycles. The summed E-state index contributed by atoms with van der Waals surface area (Å²) in [5, 5.41) is 4.63. The quantitative estimate of drug-likeness (QED) is 0.843. The van der Waals surface area contributed by atoms with E-state index in [-0.39, 0.29) is 0 Å². The Morgan fingerprint density at radius 3 is 2.67 bits per heavy atom. The van der Waals surface area contributed by atoms with Crippen molar-refractivity contribution in [3.05, 3.63) is 33.8 Å². The monoisotopic (exact) mass is 288 g/mol. The molecule has 0 bridgehead atoms. The summed E-state index contributed by atoms with van der Waals surface area (Å²) in [4.78, 5) is 2.41. The molecule has 1 aliphatic heterocycles. The maximum absolute atomic E-state index is 5.97. The highest BCUT2D eigenvalue weighted by Crippen LogP contribution is 2.22. The number of halogens is 2. The van der Waals surface area contributed by atoms with Crippen LogP contribution < -0.4 is 5.32 Å². The van der Waals surface area contributed by atoms with Crippen LogP contribution in [0.25, 0.3) is 0 Å². The highest BCUT2D eigenvalue weighted by molar-refractivity contribution is 6.42. The molecule has 1 fully saturated rings. The molecule has 2 rings (SSSR count). The zero-order valence-corrected chi connectivity index (χ0v) is 11.8. The van der Waals surface area contributed by atoms with E-state index in [0.29, 0.717) is 10.0 Å². The topological polar surface area (TPSA) is 24.5 Å². The van der Waals surface area contributed by atoms with E-state index in [2.05, 4.69) is 10.2 Å². The third kappa shape index (κ3) is 4.41. The molecule has 1 saturated heterocycles. The Bertz CT molecular complexity index is 381. The van der Waals surface area contributed by atoms with Gasteiger partial charge >= 0.3 is 0 Å². The van der Waals surface area contributed by atoms with E-state index in [1.54, 1.807) is 0 Å². The second kappa shape index (κ2) is 7.31. The third-order valence-corrected chi connectivity index (χ3v) is 3.76.